The first-order chi connectivity index (χ1) is 11.4. The minimum atomic E-state index is -0.521. The zero-order chi connectivity index (χ0) is 17.1. The summed E-state index contributed by atoms with van der Waals surface area (Å²) in [6, 6.07) is 1.88. The number of ether oxygens (including phenoxy) is 1. The Kier molecular flexibility index (Phi) is 3.47. The summed E-state index contributed by atoms with van der Waals surface area (Å²) in [5.41, 5.74) is 2.72. The van der Waals surface area contributed by atoms with Crippen molar-refractivity contribution in [3.63, 3.8) is 0 Å². The van der Waals surface area contributed by atoms with Gasteiger partial charge in [-0.2, -0.15) is 0 Å². The molecule has 0 radical (unpaired) electrons. The average molecular weight is 330 g/mol. The van der Waals surface area contributed by atoms with Crippen LogP contribution in [0.15, 0.2) is 34.2 Å². The van der Waals surface area contributed by atoms with E-state index in [9.17, 15) is 9.90 Å². The number of aliphatic hydroxyl groups is 1. The first-order valence-corrected chi connectivity index (χ1v) is 9.01. The molecule has 0 aromatic carbocycles. The van der Waals surface area contributed by atoms with Crippen LogP contribution in [0.1, 0.15) is 64.5 Å². The van der Waals surface area contributed by atoms with Crippen LogP contribution in [-0.2, 0) is 9.53 Å². The SMILES string of the molecule is C[C@@H]1CCC2=C(CC[C@@H](O)C2(C)C)[C@@]12C[C@@H](c1ccoc1)OC2=O. The van der Waals surface area contributed by atoms with Gasteiger partial charge in [-0.15, -0.1) is 0 Å². The number of carbonyl (C=O) groups excluding carboxylic acids is 1. The van der Waals surface area contributed by atoms with Crippen molar-refractivity contribution in [2.75, 3.05) is 0 Å². The summed E-state index contributed by atoms with van der Waals surface area (Å²) in [7, 11) is 0. The van der Waals surface area contributed by atoms with Crippen molar-refractivity contribution in [3.05, 3.63) is 35.3 Å². The lowest BCUT2D eigenvalue weighted by Crippen LogP contribution is -2.46. The summed E-state index contributed by atoms with van der Waals surface area (Å²) in [6.45, 7) is 6.41. The van der Waals surface area contributed by atoms with Gasteiger partial charge in [0.15, 0.2) is 0 Å². The first kappa shape index (κ1) is 15.9. The van der Waals surface area contributed by atoms with E-state index in [0.29, 0.717) is 6.42 Å². The topological polar surface area (TPSA) is 59.7 Å². The van der Waals surface area contributed by atoms with Gasteiger partial charge < -0.3 is 14.3 Å². The van der Waals surface area contributed by atoms with E-state index < -0.39 is 5.41 Å². The minimum absolute atomic E-state index is 0.0828. The van der Waals surface area contributed by atoms with Crippen molar-refractivity contribution in [2.45, 2.75) is 65.1 Å². The molecule has 1 spiro atoms. The van der Waals surface area contributed by atoms with E-state index in [1.165, 1.54) is 11.1 Å². The lowest BCUT2D eigenvalue weighted by molar-refractivity contribution is -0.150. The molecule has 3 aliphatic rings. The molecule has 1 aromatic rings. The monoisotopic (exact) mass is 330 g/mol. The summed E-state index contributed by atoms with van der Waals surface area (Å²) in [5.74, 6) is 0.187. The predicted octanol–water partition coefficient (Wildman–Crippen LogP) is 4.16. The van der Waals surface area contributed by atoms with Gasteiger partial charge >= 0.3 is 5.97 Å². The fourth-order valence-corrected chi connectivity index (χ4v) is 5.20. The number of cyclic esters (lactones) is 1. The Hall–Kier alpha value is -1.55. The lowest BCUT2D eigenvalue weighted by atomic mass is 9.54. The maximum Gasteiger partial charge on any atom is 0.317 e. The van der Waals surface area contributed by atoms with Crippen LogP contribution in [0.25, 0.3) is 0 Å². The fraction of sp³-hybridized carbons (Fsp3) is 0.650. The third-order valence-corrected chi connectivity index (χ3v) is 6.89. The molecule has 4 rings (SSSR count). The number of carbonyl (C=O) groups is 1. The molecule has 4 atom stereocenters. The normalized spacial score (nSPS) is 38.3. The Bertz CT molecular complexity index is 685. The smallest absolute Gasteiger partial charge is 0.317 e. The van der Waals surface area contributed by atoms with E-state index in [-0.39, 0.29) is 29.5 Å². The molecule has 2 aliphatic carbocycles. The molecule has 0 unspecified atom stereocenters. The van der Waals surface area contributed by atoms with Crippen molar-refractivity contribution in [1.82, 2.24) is 0 Å². The van der Waals surface area contributed by atoms with Crippen molar-refractivity contribution < 1.29 is 19.1 Å². The zero-order valence-electron chi connectivity index (χ0n) is 14.7. The molecule has 0 saturated carbocycles. The number of esters is 1. The number of hydrogen-bond donors (Lipinski definition) is 1. The van der Waals surface area contributed by atoms with Gasteiger partial charge in [-0.1, -0.05) is 31.9 Å². The van der Waals surface area contributed by atoms with Crippen LogP contribution in [0.2, 0.25) is 0 Å². The third kappa shape index (κ3) is 1.98. The molecule has 1 aliphatic heterocycles. The Morgan fingerprint density at radius 3 is 2.67 bits per heavy atom. The quantitative estimate of drug-likeness (QED) is 0.620. The highest BCUT2D eigenvalue weighted by atomic mass is 16.6. The van der Waals surface area contributed by atoms with Crippen molar-refractivity contribution in [3.8, 4) is 0 Å². The summed E-state index contributed by atoms with van der Waals surface area (Å²) in [6.07, 6.45) is 6.93. The summed E-state index contributed by atoms with van der Waals surface area (Å²) in [4.78, 5) is 13.1. The van der Waals surface area contributed by atoms with E-state index in [2.05, 4.69) is 20.8 Å². The fourth-order valence-electron chi connectivity index (χ4n) is 5.20. The second kappa shape index (κ2) is 5.22. The van der Waals surface area contributed by atoms with Crippen LogP contribution in [0.4, 0.5) is 0 Å². The molecule has 1 fully saturated rings. The van der Waals surface area contributed by atoms with Crippen molar-refractivity contribution in [2.24, 2.45) is 16.7 Å². The van der Waals surface area contributed by atoms with E-state index in [0.717, 1.165) is 31.2 Å². The van der Waals surface area contributed by atoms with E-state index in [1.54, 1.807) is 12.5 Å². The average Bonchev–Trinajstić information content (AvgIpc) is 3.16. The molecule has 2 heterocycles. The maximum atomic E-state index is 13.1. The second-order valence-corrected chi connectivity index (χ2v) is 8.30. The molecule has 1 N–H and O–H groups in total. The third-order valence-electron chi connectivity index (χ3n) is 6.89. The van der Waals surface area contributed by atoms with Crippen LogP contribution in [0, 0.1) is 16.7 Å². The van der Waals surface area contributed by atoms with Gasteiger partial charge in [0.1, 0.15) is 6.10 Å². The molecule has 0 bridgehead atoms. The number of aliphatic hydroxyl groups excluding tert-OH is 1. The van der Waals surface area contributed by atoms with Gasteiger partial charge in [0, 0.05) is 17.4 Å². The largest absolute Gasteiger partial charge is 0.472 e. The second-order valence-electron chi connectivity index (χ2n) is 8.30. The number of rotatable bonds is 1. The van der Waals surface area contributed by atoms with Gasteiger partial charge in [0.25, 0.3) is 0 Å². The minimum Gasteiger partial charge on any atom is -0.472 e. The number of hydrogen-bond acceptors (Lipinski definition) is 4. The molecule has 1 saturated heterocycles. The highest BCUT2D eigenvalue weighted by Crippen LogP contribution is 2.61. The van der Waals surface area contributed by atoms with Crippen LogP contribution in [-0.4, -0.2) is 17.2 Å². The van der Waals surface area contributed by atoms with Crippen LogP contribution in [0.5, 0.6) is 0 Å². The maximum absolute atomic E-state index is 13.1. The van der Waals surface area contributed by atoms with Gasteiger partial charge in [-0.25, -0.2) is 0 Å². The standard InChI is InChI=1S/C20H26O4/c1-12-4-5-14-15(6-7-17(21)19(14,2)3)20(12)10-16(24-18(20)22)13-8-9-23-11-13/h8-9,11-12,16-17,21H,4-7,10H2,1-3H3/t12-,16+,17-,20-/m1/s1. The predicted molar refractivity (Wildman–Crippen MR) is 89.0 cm³/mol. The number of furan rings is 1. The molecule has 1 aromatic heterocycles. The van der Waals surface area contributed by atoms with Gasteiger partial charge in [0.2, 0.25) is 0 Å². The molecular formula is C20H26O4. The Morgan fingerprint density at radius 2 is 1.96 bits per heavy atom. The lowest BCUT2D eigenvalue weighted by Gasteiger charge is -2.49. The van der Waals surface area contributed by atoms with Crippen LogP contribution >= 0.6 is 0 Å². The van der Waals surface area contributed by atoms with Crippen LogP contribution < -0.4 is 0 Å². The molecule has 24 heavy (non-hydrogen) atoms. The number of fused-ring (bicyclic) bond motifs is 1. The Morgan fingerprint density at radius 1 is 1.21 bits per heavy atom. The Balaban J connectivity index is 1.80. The highest BCUT2D eigenvalue weighted by molar-refractivity contribution is 5.84. The molecular weight excluding hydrogens is 304 g/mol. The van der Waals surface area contributed by atoms with Crippen molar-refractivity contribution in [1.29, 1.82) is 0 Å². The first-order valence-electron chi connectivity index (χ1n) is 9.01. The van der Waals surface area contributed by atoms with E-state index in [4.69, 9.17) is 9.15 Å². The van der Waals surface area contributed by atoms with Crippen LogP contribution in [0.3, 0.4) is 0 Å². The summed E-state index contributed by atoms with van der Waals surface area (Å²) < 4.78 is 11.0. The molecule has 4 nitrogen and oxygen atoms in total. The van der Waals surface area contributed by atoms with E-state index in [1.807, 2.05) is 6.07 Å². The van der Waals surface area contributed by atoms with Gasteiger partial charge in [-0.05, 0) is 37.7 Å². The Labute approximate surface area is 142 Å². The summed E-state index contributed by atoms with van der Waals surface area (Å²) in [5, 5.41) is 10.5. The molecule has 0 amide bonds. The summed E-state index contributed by atoms with van der Waals surface area (Å²) >= 11 is 0. The van der Waals surface area contributed by atoms with Gasteiger partial charge in [-0.3, -0.25) is 4.79 Å². The molecule has 4 heteroatoms. The zero-order valence-corrected chi connectivity index (χ0v) is 14.7. The van der Waals surface area contributed by atoms with Gasteiger partial charge in [0.05, 0.1) is 24.0 Å². The van der Waals surface area contributed by atoms with E-state index >= 15 is 0 Å². The highest BCUT2D eigenvalue weighted by Gasteiger charge is 2.59. The van der Waals surface area contributed by atoms with Crippen molar-refractivity contribution >= 4 is 5.97 Å². The molecule has 130 valence electrons.